The number of halogens is 1. The van der Waals surface area contributed by atoms with Gasteiger partial charge in [-0.15, -0.1) is 0 Å². The van der Waals surface area contributed by atoms with Gasteiger partial charge < -0.3 is 4.74 Å². The van der Waals surface area contributed by atoms with Crippen LogP contribution in [-0.2, 0) is 0 Å². The first-order chi connectivity index (χ1) is 8.72. The van der Waals surface area contributed by atoms with Crippen LogP contribution in [-0.4, -0.2) is 6.61 Å². The summed E-state index contributed by atoms with van der Waals surface area (Å²) < 4.78 is 5.75. The quantitative estimate of drug-likeness (QED) is 0.709. The lowest BCUT2D eigenvalue weighted by molar-refractivity contribution is 0.233. The zero-order chi connectivity index (χ0) is 13.4. The molecule has 0 amide bonds. The molecule has 0 heterocycles. The molecule has 2 nitrogen and oxygen atoms in total. The Bertz CT molecular complexity index is 411. The van der Waals surface area contributed by atoms with Gasteiger partial charge in [0, 0.05) is 0 Å². The topological polar surface area (TPSA) is 33.0 Å². The van der Waals surface area contributed by atoms with Crippen molar-refractivity contribution >= 4 is 11.6 Å². The maximum absolute atomic E-state index is 9.05. The number of nitrogens with zero attached hydrogens (tertiary/aromatic N) is 1. The summed E-state index contributed by atoms with van der Waals surface area (Å²) in [7, 11) is 0. The maximum atomic E-state index is 9.05. The smallest absolute Gasteiger partial charge is 0.138 e. The third-order valence-electron chi connectivity index (χ3n) is 3.10. The van der Waals surface area contributed by atoms with Gasteiger partial charge in [0.15, 0.2) is 0 Å². The van der Waals surface area contributed by atoms with Gasteiger partial charge in [-0.25, -0.2) is 0 Å². The van der Waals surface area contributed by atoms with Crippen LogP contribution >= 0.6 is 11.6 Å². The molecular formula is C15H20ClNO. The van der Waals surface area contributed by atoms with Gasteiger partial charge in [0.25, 0.3) is 0 Å². The third-order valence-corrected chi connectivity index (χ3v) is 3.42. The molecule has 0 saturated heterocycles. The highest BCUT2D eigenvalue weighted by Crippen LogP contribution is 2.26. The van der Waals surface area contributed by atoms with E-state index >= 15 is 0 Å². The Hall–Kier alpha value is -1.20. The summed E-state index contributed by atoms with van der Waals surface area (Å²) in [4.78, 5) is 0. The van der Waals surface area contributed by atoms with Crippen molar-refractivity contribution in [1.29, 1.82) is 5.26 Å². The summed E-state index contributed by atoms with van der Waals surface area (Å²) in [5.74, 6) is 1.15. The van der Waals surface area contributed by atoms with Crippen molar-refractivity contribution < 1.29 is 4.74 Å². The lowest BCUT2D eigenvalue weighted by Gasteiger charge is -2.16. The van der Waals surface area contributed by atoms with E-state index < -0.39 is 0 Å². The molecule has 0 saturated carbocycles. The Morgan fingerprint density at radius 1 is 1.39 bits per heavy atom. The van der Waals surface area contributed by atoms with Gasteiger partial charge in [-0.1, -0.05) is 50.8 Å². The molecule has 1 rings (SSSR count). The molecule has 0 N–H and O–H groups in total. The maximum Gasteiger partial charge on any atom is 0.138 e. The second-order valence-corrected chi connectivity index (χ2v) is 4.86. The van der Waals surface area contributed by atoms with E-state index in [2.05, 4.69) is 19.9 Å². The van der Waals surface area contributed by atoms with Gasteiger partial charge in [0.05, 0.1) is 11.6 Å². The molecule has 1 unspecified atom stereocenters. The second-order valence-electron chi connectivity index (χ2n) is 4.45. The first-order valence-electron chi connectivity index (χ1n) is 6.54. The minimum absolute atomic E-state index is 0.435. The molecular weight excluding hydrogens is 246 g/mol. The summed E-state index contributed by atoms with van der Waals surface area (Å²) in [5.41, 5.74) is 0.435. The molecule has 0 bridgehead atoms. The fraction of sp³-hybridized carbons (Fsp3) is 0.533. The first kappa shape index (κ1) is 14.9. The van der Waals surface area contributed by atoms with E-state index in [9.17, 15) is 0 Å². The SMILES string of the molecule is CCCCC(CC)COc1cccc(Cl)c1C#N. The number of unbranched alkanes of at least 4 members (excludes halogenated alkanes) is 1. The molecule has 0 aliphatic carbocycles. The highest BCUT2D eigenvalue weighted by molar-refractivity contribution is 6.31. The molecule has 0 radical (unpaired) electrons. The Labute approximate surface area is 115 Å². The van der Waals surface area contributed by atoms with Crippen LogP contribution in [0.4, 0.5) is 0 Å². The molecule has 1 aromatic rings. The molecule has 1 aromatic carbocycles. The number of nitriles is 1. The number of hydrogen-bond acceptors (Lipinski definition) is 2. The van der Waals surface area contributed by atoms with Gasteiger partial charge in [-0.3, -0.25) is 0 Å². The van der Waals surface area contributed by atoms with Crippen LogP contribution in [0.15, 0.2) is 18.2 Å². The zero-order valence-electron chi connectivity index (χ0n) is 11.1. The minimum atomic E-state index is 0.435. The number of rotatable bonds is 7. The Balaban J connectivity index is 2.62. The van der Waals surface area contributed by atoms with Crippen molar-refractivity contribution in [3.8, 4) is 11.8 Å². The number of ether oxygens (including phenoxy) is 1. The predicted octanol–water partition coefficient (Wildman–Crippen LogP) is 4.81. The van der Waals surface area contributed by atoms with Crippen LogP contribution in [0.3, 0.4) is 0 Å². The lowest BCUT2D eigenvalue weighted by Crippen LogP contribution is -2.11. The van der Waals surface area contributed by atoms with Crippen molar-refractivity contribution in [3.05, 3.63) is 28.8 Å². The molecule has 1 atom stereocenters. The standard InChI is InChI=1S/C15H20ClNO/c1-3-5-7-12(4-2)11-18-15-9-6-8-14(16)13(15)10-17/h6,8-9,12H,3-5,7,11H2,1-2H3. The minimum Gasteiger partial charge on any atom is -0.492 e. The van der Waals surface area contributed by atoms with Gasteiger partial charge in [0.2, 0.25) is 0 Å². The largest absolute Gasteiger partial charge is 0.492 e. The van der Waals surface area contributed by atoms with E-state index in [1.165, 1.54) is 19.3 Å². The molecule has 18 heavy (non-hydrogen) atoms. The van der Waals surface area contributed by atoms with Gasteiger partial charge >= 0.3 is 0 Å². The monoisotopic (exact) mass is 265 g/mol. The Morgan fingerprint density at radius 3 is 2.78 bits per heavy atom. The Kier molecular flexibility index (Phi) is 6.60. The van der Waals surface area contributed by atoms with Crippen LogP contribution in [0.5, 0.6) is 5.75 Å². The van der Waals surface area contributed by atoms with Crippen molar-refractivity contribution in [3.63, 3.8) is 0 Å². The molecule has 0 aliphatic rings. The second kappa shape index (κ2) is 8.00. The van der Waals surface area contributed by atoms with Crippen molar-refractivity contribution in [2.24, 2.45) is 5.92 Å². The van der Waals surface area contributed by atoms with Crippen LogP contribution in [0.2, 0.25) is 5.02 Å². The summed E-state index contributed by atoms with van der Waals surface area (Å²) in [5, 5.41) is 9.50. The average molecular weight is 266 g/mol. The van der Waals surface area contributed by atoms with Crippen molar-refractivity contribution in [2.45, 2.75) is 39.5 Å². The van der Waals surface area contributed by atoms with E-state index in [4.69, 9.17) is 21.6 Å². The third kappa shape index (κ3) is 4.23. The van der Waals surface area contributed by atoms with E-state index in [0.29, 0.717) is 28.9 Å². The van der Waals surface area contributed by atoms with Crippen LogP contribution in [0.25, 0.3) is 0 Å². The van der Waals surface area contributed by atoms with Crippen molar-refractivity contribution in [1.82, 2.24) is 0 Å². The molecule has 98 valence electrons. The van der Waals surface area contributed by atoms with Gasteiger partial charge in [-0.2, -0.15) is 5.26 Å². The average Bonchev–Trinajstić information content (AvgIpc) is 2.39. The van der Waals surface area contributed by atoms with E-state index in [1.807, 2.05) is 6.07 Å². The summed E-state index contributed by atoms with van der Waals surface area (Å²) in [6.45, 7) is 5.02. The fourth-order valence-electron chi connectivity index (χ4n) is 1.84. The molecule has 3 heteroatoms. The predicted molar refractivity (Wildman–Crippen MR) is 75.0 cm³/mol. The first-order valence-corrected chi connectivity index (χ1v) is 6.92. The highest BCUT2D eigenvalue weighted by atomic mass is 35.5. The van der Waals surface area contributed by atoms with Crippen LogP contribution in [0.1, 0.15) is 45.1 Å². The molecule has 0 spiro atoms. The molecule has 0 aliphatic heterocycles. The summed E-state index contributed by atoms with van der Waals surface area (Å²) in [6.07, 6.45) is 4.71. The van der Waals surface area contributed by atoms with Gasteiger partial charge in [0.1, 0.15) is 17.4 Å². The zero-order valence-corrected chi connectivity index (χ0v) is 11.8. The molecule has 0 aromatic heterocycles. The van der Waals surface area contributed by atoms with Gasteiger partial charge in [-0.05, 0) is 24.5 Å². The molecule has 0 fully saturated rings. The Morgan fingerprint density at radius 2 is 2.17 bits per heavy atom. The van der Waals surface area contributed by atoms with E-state index in [-0.39, 0.29) is 0 Å². The normalized spacial score (nSPS) is 11.9. The fourth-order valence-corrected chi connectivity index (χ4v) is 2.05. The summed E-state index contributed by atoms with van der Waals surface area (Å²) in [6, 6.07) is 7.42. The lowest BCUT2D eigenvalue weighted by atomic mass is 10.0. The van der Waals surface area contributed by atoms with Crippen LogP contribution in [0, 0.1) is 17.2 Å². The van der Waals surface area contributed by atoms with Crippen LogP contribution < -0.4 is 4.74 Å². The highest BCUT2D eigenvalue weighted by Gasteiger charge is 2.11. The van der Waals surface area contributed by atoms with E-state index in [0.717, 1.165) is 6.42 Å². The number of benzene rings is 1. The number of hydrogen-bond donors (Lipinski definition) is 0. The van der Waals surface area contributed by atoms with Crippen molar-refractivity contribution in [2.75, 3.05) is 6.61 Å². The van der Waals surface area contributed by atoms with E-state index in [1.54, 1.807) is 12.1 Å². The summed E-state index contributed by atoms with van der Waals surface area (Å²) >= 11 is 5.96.